The number of allylic oxidation sites excluding steroid dienone is 2. The minimum Gasteiger partial charge on any atom is -0.303 e. The van der Waals surface area contributed by atoms with E-state index in [1.54, 1.807) is 6.92 Å². The van der Waals surface area contributed by atoms with Crippen molar-refractivity contribution in [1.29, 1.82) is 0 Å². The van der Waals surface area contributed by atoms with Crippen molar-refractivity contribution < 1.29 is 9.59 Å². The number of hydrogen-bond donors (Lipinski definition) is 0. The summed E-state index contributed by atoms with van der Waals surface area (Å²) >= 11 is 0. The zero-order chi connectivity index (χ0) is 9.56. The average molecular weight is 168 g/mol. The van der Waals surface area contributed by atoms with Crippen LogP contribution < -0.4 is 0 Å². The highest BCUT2D eigenvalue weighted by Crippen LogP contribution is 2.13. The van der Waals surface area contributed by atoms with E-state index in [1.165, 1.54) is 0 Å². The highest BCUT2D eigenvalue weighted by Gasteiger charge is 2.09. The van der Waals surface area contributed by atoms with Gasteiger partial charge >= 0.3 is 0 Å². The van der Waals surface area contributed by atoms with E-state index < -0.39 is 0 Å². The molecule has 0 radical (unpaired) electrons. The summed E-state index contributed by atoms with van der Waals surface area (Å²) in [6.45, 7) is 5.75. The first-order valence-electron chi connectivity index (χ1n) is 4.19. The van der Waals surface area contributed by atoms with E-state index >= 15 is 0 Å². The van der Waals surface area contributed by atoms with Gasteiger partial charge in [-0.05, 0) is 24.8 Å². The van der Waals surface area contributed by atoms with Crippen LogP contribution in [0, 0.1) is 11.8 Å². The summed E-state index contributed by atoms with van der Waals surface area (Å²) in [7, 11) is 0. The van der Waals surface area contributed by atoms with E-state index in [4.69, 9.17) is 0 Å². The normalized spacial score (nSPS) is 14.5. The second-order valence-corrected chi connectivity index (χ2v) is 3.35. The van der Waals surface area contributed by atoms with Crippen LogP contribution in [0.3, 0.4) is 0 Å². The van der Waals surface area contributed by atoms with Gasteiger partial charge in [0.25, 0.3) is 0 Å². The summed E-state index contributed by atoms with van der Waals surface area (Å²) in [6, 6.07) is 0. The molecule has 1 atom stereocenters. The van der Waals surface area contributed by atoms with E-state index in [0.717, 1.165) is 12.6 Å². The molecule has 0 amide bonds. The van der Waals surface area contributed by atoms with Gasteiger partial charge in [0.1, 0.15) is 12.6 Å². The number of aldehydes is 2. The maximum absolute atomic E-state index is 10.5. The molecule has 0 bridgehead atoms. The second kappa shape index (κ2) is 5.70. The molecule has 0 heterocycles. The van der Waals surface area contributed by atoms with Crippen LogP contribution in [0.1, 0.15) is 27.2 Å². The van der Waals surface area contributed by atoms with Gasteiger partial charge in [0, 0.05) is 5.92 Å². The van der Waals surface area contributed by atoms with Crippen molar-refractivity contribution in [2.75, 3.05) is 0 Å². The van der Waals surface area contributed by atoms with Crippen molar-refractivity contribution >= 4 is 12.6 Å². The summed E-state index contributed by atoms with van der Waals surface area (Å²) in [5.74, 6) is 0.387. The monoisotopic (exact) mass is 168 g/mol. The van der Waals surface area contributed by atoms with E-state index in [2.05, 4.69) is 0 Å². The number of rotatable bonds is 5. The van der Waals surface area contributed by atoms with Crippen LogP contribution in [-0.2, 0) is 9.59 Å². The topological polar surface area (TPSA) is 34.1 Å². The molecule has 0 aromatic heterocycles. The van der Waals surface area contributed by atoms with E-state index in [1.807, 2.05) is 19.9 Å². The van der Waals surface area contributed by atoms with Gasteiger partial charge in [0.05, 0.1) is 0 Å². The third-order valence-electron chi connectivity index (χ3n) is 1.93. The predicted molar refractivity (Wildman–Crippen MR) is 48.8 cm³/mol. The molecule has 0 aliphatic carbocycles. The van der Waals surface area contributed by atoms with E-state index in [0.29, 0.717) is 17.9 Å². The van der Waals surface area contributed by atoms with Crippen molar-refractivity contribution in [3.05, 3.63) is 11.6 Å². The quantitative estimate of drug-likeness (QED) is 0.464. The minimum atomic E-state index is 0.0416. The van der Waals surface area contributed by atoms with Gasteiger partial charge < -0.3 is 4.79 Å². The first kappa shape index (κ1) is 11.1. The SMILES string of the molecule is CC(C=O)=CCC(C=O)C(C)C. The van der Waals surface area contributed by atoms with Crippen LogP contribution in [0.5, 0.6) is 0 Å². The molecule has 0 rings (SSSR count). The second-order valence-electron chi connectivity index (χ2n) is 3.35. The summed E-state index contributed by atoms with van der Waals surface area (Å²) < 4.78 is 0. The third-order valence-corrected chi connectivity index (χ3v) is 1.93. The van der Waals surface area contributed by atoms with Crippen LogP contribution in [0.2, 0.25) is 0 Å². The zero-order valence-corrected chi connectivity index (χ0v) is 7.91. The lowest BCUT2D eigenvalue weighted by atomic mass is 9.93. The molecule has 0 spiro atoms. The molecule has 12 heavy (non-hydrogen) atoms. The Morgan fingerprint density at radius 3 is 2.25 bits per heavy atom. The van der Waals surface area contributed by atoms with Gasteiger partial charge in [-0.25, -0.2) is 0 Å². The first-order valence-corrected chi connectivity index (χ1v) is 4.19. The fraction of sp³-hybridized carbons (Fsp3) is 0.600. The first-order chi connectivity index (χ1) is 5.61. The van der Waals surface area contributed by atoms with Crippen molar-refractivity contribution in [2.24, 2.45) is 11.8 Å². The molecular formula is C10H16O2. The Labute approximate surface area is 73.7 Å². The summed E-state index contributed by atoms with van der Waals surface area (Å²) in [5, 5.41) is 0. The molecule has 68 valence electrons. The zero-order valence-electron chi connectivity index (χ0n) is 7.91. The maximum Gasteiger partial charge on any atom is 0.145 e. The van der Waals surface area contributed by atoms with Gasteiger partial charge in [-0.3, -0.25) is 4.79 Å². The molecule has 0 aromatic carbocycles. The Morgan fingerprint density at radius 1 is 1.33 bits per heavy atom. The fourth-order valence-corrected chi connectivity index (χ4v) is 0.855. The van der Waals surface area contributed by atoms with Crippen LogP contribution in [0.15, 0.2) is 11.6 Å². The molecule has 2 heteroatoms. The molecule has 2 nitrogen and oxygen atoms in total. The fourth-order valence-electron chi connectivity index (χ4n) is 0.855. The molecule has 1 unspecified atom stereocenters. The standard InChI is InChI=1S/C10H16O2/c1-8(2)10(7-12)5-4-9(3)6-11/h4,6-8,10H,5H2,1-3H3. The molecular weight excluding hydrogens is 152 g/mol. The predicted octanol–water partition coefficient (Wildman–Crippen LogP) is 1.99. The summed E-state index contributed by atoms with van der Waals surface area (Å²) in [5.41, 5.74) is 0.697. The highest BCUT2D eigenvalue weighted by molar-refractivity contribution is 5.72. The summed E-state index contributed by atoms with van der Waals surface area (Å²) in [6.07, 6.45) is 4.25. The molecule has 0 N–H and O–H groups in total. The molecule has 0 aliphatic heterocycles. The Bertz CT molecular complexity index is 180. The molecule has 0 aliphatic rings. The minimum absolute atomic E-state index is 0.0416. The summed E-state index contributed by atoms with van der Waals surface area (Å²) in [4.78, 5) is 20.7. The number of hydrogen-bond acceptors (Lipinski definition) is 2. The number of carbonyl (C=O) groups is 2. The van der Waals surface area contributed by atoms with Gasteiger partial charge in [-0.15, -0.1) is 0 Å². The third kappa shape index (κ3) is 4.06. The lowest BCUT2D eigenvalue weighted by Crippen LogP contribution is -2.08. The Morgan fingerprint density at radius 2 is 1.92 bits per heavy atom. The van der Waals surface area contributed by atoms with Gasteiger partial charge in [-0.2, -0.15) is 0 Å². The van der Waals surface area contributed by atoms with Crippen LogP contribution in [0.25, 0.3) is 0 Å². The lowest BCUT2D eigenvalue weighted by molar-refractivity contribution is -0.112. The smallest absolute Gasteiger partial charge is 0.145 e. The van der Waals surface area contributed by atoms with Gasteiger partial charge in [0.15, 0.2) is 0 Å². The lowest BCUT2D eigenvalue weighted by Gasteiger charge is -2.10. The number of carbonyl (C=O) groups excluding carboxylic acids is 2. The van der Waals surface area contributed by atoms with E-state index in [-0.39, 0.29) is 5.92 Å². The average Bonchev–Trinajstić information content (AvgIpc) is 2.04. The Hall–Kier alpha value is -0.920. The van der Waals surface area contributed by atoms with Crippen LogP contribution >= 0.6 is 0 Å². The Kier molecular flexibility index (Phi) is 5.26. The van der Waals surface area contributed by atoms with Gasteiger partial charge in [0.2, 0.25) is 0 Å². The van der Waals surface area contributed by atoms with Crippen molar-refractivity contribution in [3.63, 3.8) is 0 Å². The molecule has 0 saturated carbocycles. The van der Waals surface area contributed by atoms with Crippen molar-refractivity contribution in [3.8, 4) is 0 Å². The van der Waals surface area contributed by atoms with Crippen molar-refractivity contribution in [1.82, 2.24) is 0 Å². The Balaban J connectivity index is 4.04. The van der Waals surface area contributed by atoms with Gasteiger partial charge in [-0.1, -0.05) is 19.9 Å². The molecule has 0 aromatic rings. The van der Waals surface area contributed by atoms with E-state index in [9.17, 15) is 9.59 Å². The highest BCUT2D eigenvalue weighted by atomic mass is 16.1. The molecule has 0 saturated heterocycles. The van der Waals surface area contributed by atoms with Crippen LogP contribution in [0.4, 0.5) is 0 Å². The maximum atomic E-state index is 10.5. The molecule has 0 fully saturated rings. The van der Waals surface area contributed by atoms with Crippen LogP contribution in [-0.4, -0.2) is 12.6 Å². The largest absolute Gasteiger partial charge is 0.303 e. The van der Waals surface area contributed by atoms with Crippen molar-refractivity contribution in [2.45, 2.75) is 27.2 Å².